The van der Waals surface area contributed by atoms with Gasteiger partial charge in [-0.3, -0.25) is 4.79 Å². The zero-order chi connectivity index (χ0) is 19.6. The van der Waals surface area contributed by atoms with Crippen LogP contribution in [0.15, 0.2) is 35.1 Å². The van der Waals surface area contributed by atoms with Crippen molar-refractivity contribution in [1.29, 1.82) is 0 Å². The van der Waals surface area contributed by atoms with Gasteiger partial charge in [0.25, 0.3) is 5.56 Å². The highest BCUT2D eigenvalue weighted by Crippen LogP contribution is 2.40. The zero-order valence-electron chi connectivity index (χ0n) is 16.7. The van der Waals surface area contributed by atoms with Crippen molar-refractivity contribution in [3.05, 3.63) is 57.5 Å². The Hall–Kier alpha value is -3.01. The molecule has 0 bridgehead atoms. The van der Waals surface area contributed by atoms with Gasteiger partial charge < -0.3 is 14.0 Å². The van der Waals surface area contributed by atoms with Gasteiger partial charge in [-0.1, -0.05) is 0 Å². The van der Waals surface area contributed by atoms with Gasteiger partial charge in [-0.25, -0.2) is 0 Å². The number of hydrogen-bond acceptors (Lipinski definition) is 3. The van der Waals surface area contributed by atoms with Gasteiger partial charge in [0.2, 0.25) is 0 Å². The molecule has 0 unspecified atom stereocenters. The van der Waals surface area contributed by atoms with Crippen LogP contribution in [0, 0.1) is 13.8 Å². The lowest BCUT2D eigenvalue weighted by molar-refractivity contribution is 0.412. The molecule has 0 radical (unpaired) electrons. The number of nitrogens with zero attached hydrogens (tertiary/aromatic N) is 1. The van der Waals surface area contributed by atoms with Gasteiger partial charge >= 0.3 is 0 Å². The summed E-state index contributed by atoms with van der Waals surface area (Å²) in [5.74, 6) is 1.65. The van der Waals surface area contributed by atoms with Gasteiger partial charge in [-0.15, -0.1) is 0 Å². The summed E-state index contributed by atoms with van der Waals surface area (Å²) in [5.41, 5.74) is 3.37. The third-order valence-electron chi connectivity index (χ3n) is 6.12. The first-order chi connectivity index (χ1) is 13.5. The van der Waals surface area contributed by atoms with Crippen molar-refractivity contribution in [2.45, 2.75) is 33.2 Å². The molecular formula is C24H23NO3. The predicted octanol–water partition coefficient (Wildman–Crippen LogP) is 4.89. The van der Waals surface area contributed by atoms with Crippen LogP contribution in [0.25, 0.3) is 32.3 Å². The standard InChI is InChI=1S/C24H23NO3/c1-13-8-16-17-9-14(2)22(28-4)12-20(17)23-19(18(16)11-21(13)27-3)10-15-6-5-7-25(15)24(23)26/h8-12H,5-7H2,1-4H3. The fraction of sp³-hybridized carbons (Fsp3) is 0.292. The molecule has 4 heteroatoms. The predicted molar refractivity (Wildman–Crippen MR) is 114 cm³/mol. The van der Waals surface area contributed by atoms with Crippen LogP contribution < -0.4 is 15.0 Å². The lowest BCUT2D eigenvalue weighted by Crippen LogP contribution is -2.19. The molecule has 4 aromatic rings. The number of aryl methyl sites for hydroxylation is 3. The van der Waals surface area contributed by atoms with Gasteiger partial charge in [-0.2, -0.15) is 0 Å². The van der Waals surface area contributed by atoms with Gasteiger partial charge in [-0.05, 0) is 95.1 Å². The van der Waals surface area contributed by atoms with E-state index in [1.807, 2.05) is 17.6 Å². The number of fused-ring (bicyclic) bond motifs is 7. The van der Waals surface area contributed by atoms with Crippen molar-refractivity contribution in [1.82, 2.24) is 4.57 Å². The van der Waals surface area contributed by atoms with Crippen molar-refractivity contribution < 1.29 is 9.47 Å². The first kappa shape index (κ1) is 17.1. The van der Waals surface area contributed by atoms with E-state index < -0.39 is 0 Å². The number of rotatable bonds is 2. The Bertz CT molecular complexity index is 1350. The quantitative estimate of drug-likeness (QED) is 0.470. The smallest absolute Gasteiger partial charge is 0.259 e. The van der Waals surface area contributed by atoms with Crippen LogP contribution in [0.1, 0.15) is 23.2 Å². The molecule has 0 saturated carbocycles. The van der Waals surface area contributed by atoms with E-state index in [-0.39, 0.29) is 5.56 Å². The molecule has 0 spiro atoms. The van der Waals surface area contributed by atoms with Crippen molar-refractivity contribution >= 4 is 32.3 Å². The Morgan fingerprint density at radius 2 is 1.32 bits per heavy atom. The Labute approximate surface area is 163 Å². The fourth-order valence-electron chi connectivity index (χ4n) is 4.73. The average Bonchev–Trinajstić information content (AvgIpc) is 3.16. The Kier molecular flexibility index (Phi) is 3.66. The summed E-state index contributed by atoms with van der Waals surface area (Å²) in [6.07, 6.45) is 1.97. The minimum atomic E-state index is 0.0994. The molecule has 28 heavy (non-hydrogen) atoms. The lowest BCUT2D eigenvalue weighted by Gasteiger charge is -2.16. The highest BCUT2D eigenvalue weighted by Gasteiger charge is 2.20. The van der Waals surface area contributed by atoms with Gasteiger partial charge in [0, 0.05) is 12.2 Å². The van der Waals surface area contributed by atoms with Crippen LogP contribution in [-0.2, 0) is 13.0 Å². The maximum Gasteiger partial charge on any atom is 0.259 e. The molecule has 0 amide bonds. The summed E-state index contributed by atoms with van der Waals surface area (Å²) in [6.45, 7) is 4.90. The SMILES string of the molecule is COc1cc2c(cc1C)c1cc(C)c(OC)cc1c1c(=O)n3c(cc21)CCC3. The molecule has 1 aliphatic heterocycles. The fourth-order valence-corrected chi connectivity index (χ4v) is 4.73. The Morgan fingerprint density at radius 3 is 1.96 bits per heavy atom. The summed E-state index contributed by atoms with van der Waals surface area (Å²) < 4.78 is 13.1. The van der Waals surface area contributed by atoms with Crippen LogP contribution in [0.5, 0.6) is 11.5 Å². The van der Waals surface area contributed by atoms with E-state index in [1.54, 1.807) is 14.2 Å². The van der Waals surface area contributed by atoms with Crippen LogP contribution >= 0.6 is 0 Å². The molecule has 3 aromatic carbocycles. The number of pyridine rings is 1. The molecule has 0 atom stereocenters. The molecule has 4 nitrogen and oxygen atoms in total. The zero-order valence-corrected chi connectivity index (χ0v) is 16.7. The second-order valence-electron chi connectivity index (χ2n) is 7.72. The van der Waals surface area contributed by atoms with Gasteiger partial charge in [0.15, 0.2) is 0 Å². The van der Waals surface area contributed by atoms with E-state index in [4.69, 9.17) is 9.47 Å². The van der Waals surface area contributed by atoms with E-state index in [0.717, 1.165) is 80.0 Å². The maximum atomic E-state index is 13.5. The number of aromatic nitrogens is 1. The molecule has 142 valence electrons. The molecule has 1 aromatic heterocycles. The van der Waals surface area contributed by atoms with Crippen LogP contribution in [0.3, 0.4) is 0 Å². The summed E-state index contributed by atoms with van der Waals surface area (Å²) in [5, 5.41) is 6.04. The molecule has 1 aliphatic rings. The molecule has 0 N–H and O–H groups in total. The number of benzene rings is 3. The third kappa shape index (κ3) is 2.21. The van der Waals surface area contributed by atoms with Gasteiger partial charge in [0.1, 0.15) is 11.5 Å². The largest absolute Gasteiger partial charge is 0.496 e. The summed E-state index contributed by atoms with van der Waals surface area (Å²) in [7, 11) is 3.37. The van der Waals surface area contributed by atoms with Crippen LogP contribution in [-0.4, -0.2) is 18.8 Å². The second-order valence-corrected chi connectivity index (χ2v) is 7.72. The van der Waals surface area contributed by atoms with E-state index in [0.29, 0.717) is 0 Å². The maximum absolute atomic E-state index is 13.5. The minimum absolute atomic E-state index is 0.0994. The van der Waals surface area contributed by atoms with Gasteiger partial charge in [0.05, 0.1) is 19.6 Å². The van der Waals surface area contributed by atoms with Crippen LogP contribution in [0.2, 0.25) is 0 Å². The Morgan fingerprint density at radius 1 is 0.786 bits per heavy atom. The molecular weight excluding hydrogens is 350 g/mol. The number of ether oxygens (including phenoxy) is 2. The second kappa shape index (κ2) is 5.99. The molecule has 0 saturated heterocycles. The Balaban J connectivity index is 2.11. The van der Waals surface area contributed by atoms with Crippen molar-refractivity contribution in [3.8, 4) is 11.5 Å². The average molecular weight is 373 g/mol. The van der Waals surface area contributed by atoms with E-state index in [1.165, 1.54) is 0 Å². The normalized spacial score (nSPS) is 13.4. The molecule has 5 rings (SSSR count). The monoisotopic (exact) mass is 373 g/mol. The summed E-state index contributed by atoms with van der Waals surface area (Å²) >= 11 is 0. The summed E-state index contributed by atoms with van der Waals surface area (Å²) in [4.78, 5) is 13.5. The van der Waals surface area contributed by atoms with E-state index in [9.17, 15) is 4.79 Å². The van der Waals surface area contributed by atoms with Crippen LogP contribution in [0.4, 0.5) is 0 Å². The first-order valence-electron chi connectivity index (χ1n) is 9.68. The highest BCUT2D eigenvalue weighted by atomic mass is 16.5. The molecule has 2 heterocycles. The third-order valence-corrected chi connectivity index (χ3v) is 6.12. The van der Waals surface area contributed by atoms with E-state index in [2.05, 4.69) is 31.2 Å². The lowest BCUT2D eigenvalue weighted by atomic mass is 9.92. The minimum Gasteiger partial charge on any atom is -0.496 e. The topological polar surface area (TPSA) is 40.5 Å². The number of methoxy groups -OCH3 is 2. The summed E-state index contributed by atoms with van der Waals surface area (Å²) in [6, 6.07) is 10.6. The molecule has 0 aliphatic carbocycles. The first-order valence-corrected chi connectivity index (χ1v) is 9.68. The van der Waals surface area contributed by atoms with Crippen molar-refractivity contribution in [2.24, 2.45) is 0 Å². The number of hydrogen-bond donors (Lipinski definition) is 0. The van der Waals surface area contributed by atoms with Crippen molar-refractivity contribution in [2.75, 3.05) is 14.2 Å². The highest BCUT2D eigenvalue weighted by molar-refractivity contribution is 6.25. The van der Waals surface area contributed by atoms with E-state index >= 15 is 0 Å². The van der Waals surface area contributed by atoms with Crippen molar-refractivity contribution in [3.63, 3.8) is 0 Å². The molecule has 0 fully saturated rings.